The maximum absolute atomic E-state index is 5.80. The van der Waals surface area contributed by atoms with Crippen LogP contribution in [0.25, 0.3) is 11.3 Å². The maximum Gasteiger partial charge on any atom is 0.191 e. The van der Waals surface area contributed by atoms with Crippen molar-refractivity contribution in [3.63, 3.8) is 0 Å². The van der Waals surface area contributed by atoms with Gasteiger partial charge in [-0.2, -0.15) is 0 Å². The van der Waals surface area contributed by atoms with Gasteiger partial charge in [-0.3, -0.25) is 0 Å². The number of hydrogen-bond acceptors (Lipinski definition) is 2. The van der Waals surface area contributed by atoms with E-state index in [9.17, 15) is 0 Å². The van der Waals surface area contributed by atoms with Gasteiger partial charge in [0.15, 0.2) is 5.89 Å². The lowest BCUT2D eigenvalue weighted by atomic mass is 10.1. The third kappa shape index (κ3) is 1.66. The van der Waals surface area contributed by atoms with Gasteiger partial charge in [0.1, 0.15) is 11.5 Å². The highest BCUT2D eigenvalue weighted by atomic mass is 35.5. The van der Waals surface area contributed by atoms with Crippen molar-refractivity contribution in [3.05, 3.63) is 40.9 Å². The van der Waals surface area contributed by atoms with Crippen LogP contribution in [0.1, 0.15) is 11.7 Å². The number of hydrogen-bond donors (Lipinski definition) is 0. The van der Waals surface area contributed by atoms with Gasteiger partial charge >= 0.3 is 0 Å². The Morgan fingerprint density at radius 1 is 1.14 bits per heavy atom. The van der Waals surface area contributed by atoms with Gasteiger partial charge in [0, 0.05) is 17.5 Å². The van der Waals surface area contributed by atoms with Gasteiger partial charge in [0.05, 0.1) is 0 Å². The number of rotatable bonds is 1. The summed E-state index contributed by atoms with van der Waals surface area (Å²) in [5, 5.41) is 0.728. The lowest BCUT2D eigenvalue weighted by Gasteiger charge is -1.96. The van der Waals surface area contributed by atoms with E-state index in [1.54, 1.807) is 0 Å². The number of oxazole rings is 1. The molecule has 0 saturated carbocycles. The number of halogens is 1. The van der Waals surface area contributed by atoms with Crippen LogP contribution in [0.2, 0.25) is 5.02 Å². The highest BCUT2D eigenvalue weighted by Crippen LogP contribution is 2.24. The van der Waals surface area contributed by atoms with Gasteiger partial charge in [-0.1, -0.05) is 23.7 Å². The standard InChI is InChI=1S/C11H10ClNO/c1-7-11(13-8(2)14-7)9-3-5-10(12)6-4-9/h3-6H,1-2H3. The Labute approximate surface area is 87.5 Å². The van der Waals surface area contributed by atoms with Gasteiger partial charge < -0.3 is 4.42 Å². The maximum atomic E-state index is 5.80. The summed E-state index contributed by atoms with van der Waals surface area (Å²) < 4.78 is 5.36. The zero-order valence-electron chi connectivity index (χ0n) is 8.04. The van der Waals surface area contributed by atoms with E-state index in [1.165, 1.54) is 0 Å². The fourth-order valence-electron chi connectivity index (χ4n) is 1.40. The molecule has 0 amide bonds. The third-order valence-corrected chi connectivity index (χ3v) is 2.27. The number of nitrogens with zero attached hydrogens (tertiary/aromatic N) is 1. The van der Waals surface area contributed by atoms with E-state index >= 15 is 0 Å². The molecule has 3 heteroatoms. The average Bonchev–Trinajstić information content (AvgIpc) is 2.47. The minimum Gasteiger partial charge on any atom is -0.446 e. The topological polar surface area (TPSA) is 26.0 Å². The molecule has 0 N–H and O–H groups in total. The zero-order valence-corrected chi connectivity index (χ0v) is 8.80. The molecule has 0 aliphatic carbocycles. The van der Waals surface area contributed by atoms with Crippen molar-refractivity contribution in [2.45, 2.75) is 13.8 Å². The second-order valence-corrected chi connectivity index (χ2v) is 3.58. The van der Waals surface area contributed by atoms with E-state index in [0.29, 0.717) is 5.89 Å². The molecule has 1 aromatic heterocycles. The molecular weight excluding hydrogens is 198 g/mol. The largest absolute Gasteiger partial charge is 0.446 e. The lowest BCUT2D eigenvalue weighted by molar-refractivity contribution is 0.495. The minimum absolute atomic E-state index is 0.687. The first-order valence-corrected chi connectivity index (χ1v) is 4.74. The van der Waals surface area contributed by atoms with Crippen LogP contribution >= 0.6 is 11.6 Å². The summed E-state index contributed by atoms with van der Waals surface area (Å²) in [5.74, 6) is 1.53. The Hall–Kier alpha value is -1.28. The van der Waals surface area contributed by atoms with Crippen LogP contribution in [0.4, 0.5) is 0 Å². The zero-order chi connectivity index (χ0) is 10.1. The molecule has 0 aliphatic rings. The van der Waals surface area contributed by atoms with Crippen molar-refractivity contribution < 1.29 is 4.42 Å². The minimum atomic E-state index is 0.687. The predicted molar refractivity (Wildman–Crippen MR) is 56.4 cm³/mol. The van der Waals surface area contributed by atoms with E-state index in [0.717, 1.165) is 22.0 Å². The van der Waals surface area contributed by atoms with E-state index in [-0.39, 0.29) is 0 Å². The Kier molecular flexibility index (Phi) is 2.30. The van der Waals surface area contributed by atoms with Crippen LogP contribution in [-0.2, 0) is 0 Å². The molecule has 0 spiro atoms. The molecule has 2 aromatic rings. The molecule has 2 rings (SSSR count). The molecular formula is C11H10ClNO. The second kappa shape index (κ2) is 3.46. The van der Waals surface area contributed by atoms with Crippen molar-refractivity contribution in [2.75, 3.05) is 0 Å². The molecule has 0 atom stereocenters. The quantitative estimate of drug-likeness (QED) is 0.714. The van der Waals surface area contributed by atoms with Crippen LogP contribution in [-0.4, -0.2) is 4.98 Å². The summed E-state index contributed by atoms with van der Waals surface area (Å²) in [7, 11) is 0. The lowest BCUT2D eigenvalue weighted by Crippen LogP contribution is -1.80. The fraction of sp³-hybridized carbons (Fsp3) is 0.182. The summed E-state index contributed by atoms with van der Waals surface area (Å²) in [5.41, 5.74) is 1.92. The molecule has 0 aliphatic heterocycles. The molecule has 1 aromatic carbocycles. The van der Waals surface area contributed by atoms with Crippen LogP contribution < -0.4 is 0 Å². The summed E-state index contributed by atoms with van der Waals surface area (Å²) in [6.07, 6.45) is 0. The molecule has 0 saturated heterocycles. The van der Waals surface area contributed by atoms with Gasteiger partial charge in [0.2, 0.25) is 0 Å². The molecule has 2 nitrogen and oxygen atoms in total. The highest BCUT2D eigenvalue weighted by Gasteiger charge is 2.08. The average molecular weight is 208 g/mol. The number of aryl methyl sites for hydroxylation is 2. The third-order valence-electron chi connectivity index (χ3n) is 2.02. The van der Waals surface area contributed by atoms with Crippen LogP contribution in [0.15, 0.2) is 28.7 Å². The van der Waals surface area contributed by atoms with E-state index < -0.39 is 0 Å². The Morgan fingerprint density at radius 3 is 2.29 bits per heavy atom. The van der Waals surface area contributed by atoms with E-state index in [2.05, 4.69) is 4.98 Å². The Balaban J connectivity index is 2.49. The van der Waals surface area contributed by atoms with Crippen molar-refractivity contribution in [1.29, 1.82) is 0 Å². The first-order valence-electron chi connectivity index (χ1n) is 4.37. The normalized spacial score (nSPS) is 10.5. The van der Waals surface area contributed by atoms with Crippen molar-refractivity contribution in [1.82, 2.24) is 4.98 Å². The Morgan fingerprint density at radius 2 is 1.79 bits per heavy atom. The predicted octanol–water partition coefficient (Wildman–Crippen LogP) is 3.61. The first kappa shape index (κ1) is 9.28. The van der Waals surface area contributed by atoms with Crippen molar-refractivity contribution in [2.24, 2.45) is 0 Å². The number of aromatic nitrogens is 1. The summed E-state index contributed by atoms with van der Waals surface area (Å²) in [6, 6.07) is 7.57. The van der Waals surface area contributed by atoms with Crippen LogP contribution in [0.3, 0.4) is 0 Å². The first-order chi connectivity index (χ1) is 6.66. The van der Waals surface area contributed by atoms with E-state index in [1.807, 2.05) is 38.1 Å². The second-order valence-electron chi connectivity index (χ2n) is 3.14. The molecule has 0 bridgehead atoms. The smallest absolute Gasteiger partial charge is 0.191 e. The van der Waals surface area contributed by atoms with Gasteiger partial charge in [-0.05, 0) is 19.1 Å². The SMILES string of the molecule is Cc1nc(-c2ccc(Cl)cc2)c(C)o1. The van der Waals surface area contributed by atoms with Crippen molar-refractivity contribution in [3.8, 4) is 11.3 Å². The Bertz CT molecular complexity index is 445. The number of benzene rings is 1. The summed E-state index contributed by atoms with van der Waals surface area (Å²) in [4.78, 5) is 4.30. The summed E-state index contributed by atoms with van der Waals surface area (Å²) >= 11 is 5.80. The van der Waals surface area contributed by atoms with Gasteiger partial charge in [-0.25, -0.2) is 4.98 Å². The molecule has 72 valence electrons. The highest BCUT2D eigenvalue weighted by molar-refractivity contribution is 6.30. The monoisotopic (exact) mass is 207 g/mol. The van der Waals surface area contributed by atoms with Gasteiger partial charge in [-0.15, -0.1) is 0 Å². The van der Waals surface area contributed by atoms with Crippen molar-refractivity contribution >= 4 is 11.6 Å². The molecule has 0 radical (unpaired) electrons. The molecule has 0 fully saturated rings. The molecule has 0 unspecified atom stereocenters. The molecule has 1 heterocycles. The van der Waals surface area contributed by atoms with Crippen LogP contribution in [0, 0.1) is 13.8 Å². The molecule has 14 heavy (non-hydrogen) atoms. The summed E-state index contributed by atoms with van der Waals surface area (Å²) in [6.45, 7) is 3.75. The van der Waals surface area contributed by atoms with E-state index in [4.69, 9.17) is 16.0 Å². The van der Waals surface area contributed by atoms with Gasteiger partial charge in [0.25, 0.3) is 0 Å². The fourth-order valence-corrected chi connectivity index (χ4v) is 1.53. The van der Waals surface area contributed by atoms with Crippen LogP contribution in [0.5, 0.6) is 0 Å².